The Balaban J connectivity index is 1.68. The van der Waals surface area contributed by atoms with E-state index in [0.717, 1.165) is 28.3 Å². The van der Waals surface area contributed by atoms with Crippen LogP contribution in [0.3, 0.4) is 0 Å². The monoisotopic (exact) mass is 383 g/mol. The van der Waals surface area contributed by atoms with Crippen molar-refractivity contribution in [3.8, 4) is 22.7 Å². The van der Waals surface area contributed by atoms with Gasteiger partial charge in [0.1, 0.15) is 11.4 Å². The van der Waals surface area contributed by atoms with Crippen LogP contribution in [0, 0.1) is 0 Å². The summed E-state index contributed by atoms with van der Waals surface area (Å²) in [6.45, 7) is 0. The molecule has 2 heterocycles. The highest BCUT2D eigenvalue weighted by molar-refractivity contribution is 6.07. The summed E-state index contributed by atoms with van der Waals surface area (Å²) < 4.78 is 8.96. The molecule has 0 N–H and O–H groups in total. The fourth-order valence-electron chi connectivity index (χ4n) is 3.11. The van der Waals surface area contributed by atoms with Gasteiger partial charge in [0.25, 0.3) is 0 Å². The lowest BCUT2D eigenvalue weighted by Crippen LogP contribution is -1.94. The largest absolute Gasteiger partial charge is 0.497 e. The summed E-state index contributed by atoms with van der Waals surface area (Å²) in [5.41, 5.74) is 4.28. The van der Waals surface area contributed by atoms with Crippen molar-refractivity contribution in [2.45, 2.75) is 0 Å². The first kappa shape index (κ1) is 18.5. The lowest BCUT2D eigenvalue weighted by molar-refractivity contribution is 0.104. The van der Waals surface area contributed by atoms with Gasteiger partial charge in [-0.1, -0.05) is 18.2 Å². The summed E-state index contributed by atoms with van der Waals surface area (Å²) >= 11 is 0. The maximum absolute atomic E-state index is 12.6. The van der Waals surface area contributed by atoms with Crippen molar-refractivity contribution in [3.05, 3.63) is 96.5 Å². The Bertz CT molecular complexity index is 1150. The number of ether oxygens (including phenoxy) is 1. The summed E-state index contributed by atoms with van der Waals surface area (Å²) in [6, 6.07) is 19.0. The maximum atomic E-state index is 12.6. The average Bonchev–Trinajstić information content (AvgIpc) is 3.39. The van der Waals surface area contributed by atoms with Crippen LogP contribution in [0.25, 0.3) is 23.0 Å². The van der Waals surface area contributed by atoms with E-state index in [1.807, 2.05) is 77.4 Å². The van der Waals surface area contributed by atoms with Crippen LogP contribution < -0.4 is 4.74 Å². The quantitative estimate of drug-likeness (QED) is 0.356. The number of ketones is 1. The molecule has 144 valence electrons. The average molecular weight is 383 g/mol. The van der Waals surface area contributed by atoms with Crippen LogP contribution in [0.5, 0.6) is 5.75 Å². The van der Waals surface area contributed by atoms with E-state index in [1.54, 1.807) is 37.5 Å². The number of carbonyl (C=O) groups excluding carboxylic acids is 1. The second-order valence-electron chi connectivity index (χ2n) is 6.70. The number of nitrogens with zero attached hydrogens (tertiary/aromatic N) is 3. The van der Waals surface area contributed by atoms with Crippen molar-refractivity contribution in [1.82, 2.24) is 14.3 Å². The minimum Gasteiger partial charge on any atom is -0.497 e. The van der Waals surface area contributed by atoms with Crippen molar-refractivity contribution in [2.24, 2.45) is 7.05 Å². The van der Waals surface area contributed by atoms with Crippen LogP contribution in [-0.2, 0) is 7.05 Å². The van der Waals surface area contributed by atoms with E-state index in [1.165, 1.54) is 0 Å². The lowest BCUT2D eigenvalue weighted by Gasteiger charge is -2.00. The second-order valence-corrected chi connectivity index (χ2v) is 6.70. The molecule has 29 heavy (non-hydrogen) atoms. The number of benzene rings is 2. The molecule has 0 saturated carbocycles. The molecule has 2 aromatic heterocycles. The number of para-hydroxylation sites is 1. The van der Waals surface area contributed by atoms with Gasteiger partial charge in [0.2, 0.25) is 0 Å². The van der Waals surface area contributed by atoms with Crippen molar-refractivity contribution in [3.63, 3.8) is 0 Å². The van der Waals surface area contributed by atoms with Gasteiger partial charge in [0.15, 0.2) is 5.78 Å². The summed E-state index contributed by atoms with van der Waals surface area (Å²) in [5.74, 6) is 0.653. The van der Waals surface area contributed by atoms with E-state index in [-0.39, 0.29) is 5.78 Å². The van der Waals surface area contributed by atoms with E-state index in [0.29, 0.717) is 5.56 Å². The third-order valence-electron chi connectivity index (χ3n) is 4.66. The van der Waals surface area contributed by atoms with Crippen LogP contribution in [0.2, 0.25) is 0 Å². The fourth-order valence-corrected chi connectivity index (χ4v) is 3.11. The number of carbonyl (C=O) groups is 1. The summed E-state index contributed by atoms with van der Waals surface area (Å²) in [7, 11) is 3.58. The molecule has 0 aliphatic heterocycles. The zero-order valence-corrected chi connectivity index (χ0v) is 16.3. The number of hydrogen-bond acceptors (Lipinski definition) is 3. The predicted molar refractivity (Wildman–Crippen MR) is 114 cm³/mol. The Morgan fingerprint density at radius 1 is 1.00 bits per heavy atom. The Morgan fingerprint density at radius 3 is 2.41 bits per heavy atom. The highest BCUT2D eigenvalue weighted by Gasteiger charge is 2.12. The van der Waals surface area contributed by atoms with Crippen molar-refractivity contribution >= 4 is 11.9 Å². The number of allylic oxidation sites excluding steroid dienone is 1. The molecule has 5 nitrogen and oxygen atoms in total. The molecule has 0 bridgehead atoms. The Hall–Kier alpha value is -3.86. The first-order chi connectivity index (χ1) is 14.1. The van der Waals surface area contributed by atoms with Gasteiger partial charge in [-0.2, -0.15) is 5.10 Å². The van der Waals surface area contributed by atoms with Crippen molar-refractivity contribution in [2.75, 3.05) is 7.11 Å². The first-order valence-corrected chi connectivity index (χ1v) is 9.28. The molecule has 0 unspecified atom stereocenters. The van der Waals surface area contributed by atoms with Gasteiger partial charge in [0, 0.05) is 42.3 Å². The van der Waals surface area contributed by atoms with Crippen molar-refractivity contribution < 1.29 is 9.53 Å². The van der Waals surface area contributed by atoms with Gasteiger partial charge in [-0.3, -0.25) is 4.79 Å². The molecule has 0 amide bonds. The van der Waals surface area contributed by atoms with Crippen LogP contribution in [-0.4, -0.2) is 27.2 Å². The molecule has 0 saturated heterocycles. The molecule has 5 heteroatoms. The topological polar surface area (TPSA) is 49.1 Å². The highest BCUT2D eigenvalue weighted by Crippen LogP contribution is 2.25. The number of aryl methyl sites for hydroxylation is 1. The molecule has 0 aliphatic carbocycles. The van der Waals surface area contributed by atoms with Gasteiger partial charge >= 0.3 is 0 Å². The zero-order valence-electron chi connectivity index (χ0n) is 16.3. The van der Waals surface area contributed by atoms with Crippen LogP contribution in [0.1, 0.15) is 15.9 Å². The number of aromatic nitrogens is 3. The van der Waals surface area contributed by atoms with Crippen LogP contribution in [0.15, 0.2) is 85.3 Å². The highest BCUT2D eigenvalue weighted by atomic mass is 16.5. The number of methoxy groups -OCH3 is 1. The first-order valence-electron chi connectivity index (χ1n) is 9.28. The van der Waals surface area contributed by atoms with E-state index in [2.05, 4.69) is 0 Å². The van der Waals surface area contributed by atoms with Crippen LogP contribution >= 0.6 is 0 Å². The normalized spacial score (nSPS) is 11.1. The second kappa shape index (κ2) is 8.02. The molecule has 0 spiro atoms. The van der Waals surface area contributed by atoms with Crippen molar-refractivity contribution in [1.29, 1.82) is 0 Å². The SMILES string of the molecule is COc1ccc(C(=O)C=Cc2cn(-c3ccccc3)nc2-c2ccn(C)c2)cc1. The van der Waals surface area contributed by atoms with E-state index in [9.17, 15) is 4.79 Å². The minimum absolute atomic E-state index is 0.0703. The number of rotatable bonds is 6. The predicted octanol–water partition coefficient (Wildman–Crippen LogP) is 4.78. The molecule has 0 aliphatic rings. The Labute approximate surface area is 169 Å². The molecule has 0 atom stereocenters. The molecular weight excluding hydrogens is 362 g/mol. The Morgan fingerprint density at radius 2 is 1.76 bits per heavy atom. The van der Waals surface area contributed by atoms with Gasteiger partial charge in [-0.15, -0.1) is 0 Å². The molecule has 4 aromatic rings. The molecule has 4 rings (SSSR count). The summed E-state index contributed by atoms with van der Waals surface area (Å²) in [6.07, 6.45) is 9.34. The molecular formula is C24H21N3O2. The minimum atomic E-state index is -0.0703. The van der Waals surface area contributed by atoms with E-state index < -0.39 is 0 Å². The Kier molecular flexibility index (Phi) is 5.12. The summed E-state index contributed by atoms with van der Waals surface area (Å²) in [4.78, 5) is 12.6. The lowest BCUT2D eigenvalue weighted by atomic mass is 10.1. The molecule has 2 aromatic carbocycles. The van der Waals surface area contributed by atoms with Gasteiger partial charge < -0.3 is 9.30 Å². The fraction of sp³-hybridized carbons (Fsp3) is 0.0833. The smallest absolute Gasteiger partial charge is 0.185 e. The summed E-state index contributed by atoms with van der Waals surface area (Å²) in [5, 5.41) is 4.76. The zero-order chi connectivity index (χ0) is 20.2. The molecule has 0 fully saturated rings. The third kappa shape index (κ3) is 4.04. The number of hydrogen-bond donors (Lipinski definition) is 0. The third-order valence-corrected chi connectivity index (χ3v) is 4.66. The van der Waals surface area contributed by atoms with Crippen LogP contribution in [0.4, 0.5) is 0 Å². The van der Waals surface area contributed by atoms with Gasteiger partial charge in [-0.25, -0.2) is 4.68 Å². The van der Waals surface area contributed by atoms with E-state index >= 15 is 0 Å². The standard InChI is InChI=1S/C24H21N3O2/c1-26-15-14-20(16-26)24-19(17-27(25-24)21-6-4-3-5-7-21)10-13-23(28)18-8-11-22(29-2)12-9-18/h3-17H,1-2H3. The van der Waals surface area contributed by atoms with E-state index in [4.69, 9.17) is 9.84 Å². The molecule has 0 radical (unpaired) electrons. The van der Waals surface area contributed by atoms with Gasteiger partial charge in [-0.05, 0) is 54.6 Å². The van der Waals surface area contributed by atoms with Gasteiger partial charge in [0.05, 0.1) is 12.8 Å². The maximum Gasteiger partial charge on any atom is 0.185 e.